The quantitative estimate of drug-likeness (QED) is 0.887. The van der Waals surface area contributed by atoms with Gasteiger partial charge in [0.2, 0.25) is 10.0 Å². The Morgan fingerprint density at radius 2 is 2.21 bits per heavy atom. The molecule has 1 atom stereocenters. The highest BCUT2D eigenvalue weighted by atomic mass is 35.5. The highest BCUT2D eigenvalue weighted by Gasteiger charge is 2.39. The Morgan fingerprint density at radius 1 is 1.53 bits per heavy atom. The van der Waals surface area contributed by atoms with E-state index in [0.717, 1.165) is 6.42 Å². The highest BCUT2D eigenvalue weighted by molar-refractivity contribution is 7.89. The molecule has 0 saturated carbocycles. The van der Waals surface area contributed by atoms with Crippen LogP contribution in [-0.2, 0) is 16.6 Å². The summed E-state index contributed by atoms with van der Waals surface area (Å²) in [6.45, 7) is 6.14. The monoisotopic (exact) mass is 308 g/mol. The number of nitrogens with zero attached hydrogens (tertiary/aromatic N) is 3. The summed E-state index contributed by atoms with van der Waals surface area (Å²) in [5.41, 5.74) is 5.60. The molecule has 1 unspecified atom stereocenters. The van der Waals surface area contributed by atoms with E-state index in [1.54, 1.807) is 10.9 Å². The third-order valence-corrected chi connectivity index (χ3v) is 5.39. The Morgan fingerprint density at radius 3 is 2.68 bits per heavy atom. The van der Waals surface area contributed by atoms with Crippen molar-refractivity contribution in [2.75, 3.05) is 19.6 Å². The molecule has 6 nitrogen and oxygen atoms in total. The number of halogens is 1. The summed E-state index contributed by atoms with van der Waals surface area (Å²) in [5.74, 6) is 0. The standard InChI is InChI=1S/C11H20N4O2S.ClH/c1-3-14-7-10(6-13-14)18(16,17)15-5-4-11(2,8-12)9-15;/h6-7H,3-5,8-9,12H2,1-2H3;1H. The van der Waals surface area contributed by atoms with Crippen molar-refractivity contribution in [3.63, 3.8) is 0 Å². The molecule has 0 aromatic carbocycles. The number of nitrogens with two attached hydrogens (primary N) is 1. The molecule has 0 radical (unpaired) electrons. The van der Waals surface area contributed by atoms with Gasteiger partial charge in [-0.05, 0) is 25.3 Å². The Balaban J connectivity index is 0.00000180. The summed E-state index contributed by atoms with van der Waals surface area (Å²) < 4.78 is 27.9. The first-order valence-corrected chi connectivity index (χ1v) is 7.58. The van der Waals surface area contributed by atoms with E-state index in [1.807, 2.05) is 13.8 Å². The lowest BCUT2D eigenvalue weighted by atomic mass is 9.90. The van der Waals surface area contributed by atoms with Gasteiger partial charge in [-0.15, -0.1) is 12.4 Å². The van der Waals surface area contributed by atoms with Crippen LogP contribution in [0.3, 0.4) is 0 Å². The predicted octanol–water partition coefficient (Wildman–Crippen LogP) is 0.684. The van der Waals surface area contributed by atoms with Gasteiger partial charge in [0.25, 0.3) is 0 Å². The van der Waals surface area contributed by atoms with Crippen molar-refractivity contribution in [3.8, 4) is 0 Å². The minimum absolute atomic E-state index is 0. The molecule has 1 fully saturated rings. The van der Waals surface area contributed by atoms with Gasteiger partial charge in [-0.2, -0.15) is 9.40 Å². The summed E-state index contributed by atoms with van der Waals surface area (Å²) in [4.78, 5) is 0.269. The van der Waals surface area contributed by atoms with Crippen LogP contribution in [0.1, 0.15) is 20.3 Å². The number of hydrogen-bond acceptors (Lipinski definition) is 4. The molecule has 0 spiro atoms. The van der Waals surface area contributed by atoms with Gasteiger partial charge in [-0.1, -0.05) is 6.92 Å². The van der Waals surface area contributed by atoms with Crippen molar-refractivity contribution in [2.45, 2.75) is 31.7 Å². The van der Waals surface area contributed by atoms with Crippen LogP contribution >= 0.6 is 12.4 Å². The number of aromatic nitrogens is 2. The molecule has 2 heterocycles. The topological polar surface area (TPSA) is 81.2 Å². The van der Waals surface area contributed by atoms with Crippen LogP contribution in [-0.4, -0.2) is 42.1 Å². The van der Waals surface area contributed by atoms with Crippen LogP contribution in [0.25, 0.3) is 0 Å². The van der Waals surface area contributed by atoms with E-state index in [9.17, 15) is 8.42 Å². The third-order valence-electron chi connectivity index (χ3n) is 3.59. The molecule has 2 N–H and O–H groups in total. The summed E-state index contributed by atoms with van der Waals surface area (Å²) in [7, 11) is -3.41. The van der Waals surface area contributed by atoms with E-state index in [2.05, 4.69) is 5.10 Å². The number of sulfonamides is 1. The molecule has 110 valence electrons. The Labute approximate surface area is 120 Å². The average molecular weight is 309 g/mol. The maximum atomic E-state index is 12.4. The fraction of sp³-hybridized carbons (Fsp3) is 0.727. The van der Waals surface area contributed by atoms with E-state index >= 15 is 0 Å². The van der Waals surface area contributed by atoms with Crippen LogP contribution in [0.5, 0.6) is 0 Å². The first-order chi connectivity index (χ1) is 8.41. The molecular weight excluding hydrogens is 288 g/mol. The van der Waals surface area contributed by atoms with Crippen LogP contribution in [0.15, 0.2) is 17.3 Å². The number of hydrogen-bond donors (Lipinski definition) is 1. The highest BCUT2D eigenvalue weighted by Crippen LogP contribution is 2.32. The van der Waals surface area contributed by atoms with Gasteiger partial charge in [-0.3, -0.25) is 4.68 Å². The zero-order valence-electron chi connectivity index (χ0n) is 11.2. The second kappa shape index (κ2) is 5.78. The summed E-state index contributed by atoms with van der Waals surface area (Å²) >= 11 is 0. The summed E-state index contributed by atoms with van der Waals surface area (Å²) in [6.07, 6.45) is 3.80. The lowest BCUT2D eigenvalue weighted by Gasteiger charge is -2.21. The van der Waals surface area contributed by atoms with Gasteiger partial charge in [-0.25, -0.2) is 8.42 Å². The maximum Gasteiger partial charge on any atom is 0.246 e. The molecule has 1 aromatic heterocycles. The van der Waals surface area contributed by atoms with Gasteiger partial charge in [0.15, 0.2) is 0 Å². The second-order valence-electron chi connectivity index (χ2n) is 5.14. The Bertz CT molecular complexity index is 531. The molecule has 19 heavy (non-hydrogen) atoms. The average Bonchev–Trinajstić information content (AvgIpc) is 2.96. The minimum Gasteiger partial charge on any atom is -0.330 e. The molecular formula is C11H21ClN4O2S. The van der Waals surface area contributed by atoms with Crippen LogP contribution in [0.4, 0.5) is 0 Å². The molecule has 2 rings (SSSR count). The van der Waals surface area contributed by atoms with Crippen LogP contribution in [0, 0.1) is 5.41 Å². The molecule has 1 aliphatic heterocycles. The zero-order chi connectivity index (χ0) is 13.4. The molecule has 0 aliphatic carbocycles. The normalized spacial score (nSPS) is 24.4. The van der Waals surface area contributed by atoms with Gasteiger partial charge in [0.05, 0.1) is 6.20 Å². The van der Waals surface area contributed by atoms with E-state index in [0.29, 0.717) is 26.2 Å². The number of aryl methyl sites for hydroxylation is 1. The molecule has 8 heteroatoms. The third kappa shape index (κ3) is 3.10. The van der Waals surface area contributed by atoms with E-state index in [1.165, 1.54) is 10.5 Å². The minimum atomic E-state index is -3.41. The van der Waals surface area contributed by atoms with E-state index in [4.69, 9.17) is 5.73 Å². The predicted molar refractivity (Wildman–Crippen MR) is 75.7 cm³/mol. The molecule has 1 aromatic rings. The summed E-state index contributed by atoms with van der Waals surface area (Å²) in [5, 5.41) is 4.02. The zero-order valence-corrected chi connectivity index (χ0v) is 12.9. The first-order valence-electron chi connectivity index (χ1n) is 6.14. The van der Waals surface area contributed by atoms with Gasteiger partial charge < -0.3 is 5.73 Å². The lowest BCUT2D eigenvalue weighted by Crippen LogP contribution is -2.34. The number of rotatable bonds is 4. The fourth-order valence-electron chi connectivity index (χ4n) is 2.15. The Hall–Kier alpha value is -0.630. The van der Waals surface area contributed by atoms with Gasteiger partial charge in [0.1, 0.15) is 4.90 Å². The van der Waals surface area contributed by atoms with Crippen molar-refractivity contribution in [3.05, 3.63) is 12.4 Å². The van der Waals surface area contributed by atoms with Gasteiger partial charge >= 0.3 is 0 Å². The maximum absolute atomic E-state index is 12.4. The fourth-order valence-corrected chi connectivity index (χ4v) is 3.70. The van der Waals surface area contributed by atoms with Crippen molar-refractivity contribution in [1.29, 1.82) is 0 Å². The molecule has 0 amide bonds. The van der Waals surface area contributed by atoms with E-state index < -0.39 is 10.0 Å². The molecule has 1 saturated heterocycles. The molecule has 1 aliphatic rings. The second-order valence-corrected chi connectivity index (χ2v) is 7.07. The largest absolute Gasteiger partial charge is 0.330 e. The lowest BCUT2D eigenvalue weighted by molar-refractivity contribution is 0.349. The van der Waals surface area contributed by atoms with Crippen LogP contribution in [0.2, 0.25) is 0 Å². The Kier molecular flexibility index (Phi) is 5.00. The summed E-state index contributed by atoms with van der Waals surface area (Å²) in [6, 6.07) is 0. The van der Waals surface area contributed by atoms with Crippen molar-refractivity contribution < 1.29 is 8.42 Å². The van der Waals surface area contributed by atoms with Crippen molar-refractivity contribution in [2.24, 2.45) is 11.1 Å². The molecule has 0 bridgehead atoms. The van der Waals surface area contributed by atoms with Gasteiger partial charge in [0, 0.05) is 25.8 Å². The van der Waals surface area contributed by atoms with Crippen molar-refractivity contribution in [1.82, 2.24) is 14.1 Å². The van der Waals surface area contributed by atoms with Crippen molar-refractivity contribution >= 4 is 22.4 Å². The SMILES string of the molecule is CCn1cc(S(=O)(=O)N2CCC(C)(CN)C2)cn1.Cl. The first kappa shape index (κ1) is 16.4. The van der Waals surface area contributed by atoms with Crippen LogP contribution < -0.4 is 5.73 Å². The van der Waals surface area contributed by atoms with E-state index in [-0.39, 0.29) is 22.7 Å². The smallest absolute Gasteiger partial charge is 0.246 e.